The van der Waals surface area contributed by atoms with E-state index in [0.29, 0.717) is 31.1 Å². The molecule has 3 N–H and O–H groups in total. The fourth-order valence-corrected chi connectivity index (χ4v) is 2.86. The van der Waals surface area contributed by atoms with Gasteiger partial charge in [0.25, 0.3) is 0 Å². The highest BCUT2D eigenvalue weighted by atomic mass is 19.4. The molecule has 2 heterocycles. The molecule has 8 nitrogen and oxygen atoms in total. The number of aliphatic carboxylic acids is 1. The van der Waals surface area contributed by atoms with E-state index in [1.807, 2.05) is 6.92 Å². The normalized spacial score (nSPS) is 14.9. The number of furan rings is 1. The van der Waals surface area contributed by atoms with Crippen molar-refractivity contribution in [2.45, 2.75) is 20.0 Å². The largest absolute Gasteiger partial charge is 0.502 e. The second-order valence-corrected chi connectivity index (χ2v) is 6.35. The summed E-state index contributed by atoms with van der Waals surface area (Å²) in [4.78, 5) is 22.1. The summed E-state index contributed by atoms with van der Waals surface area (Å²) in [6.07, 6.45) is -3.59. The quantitative estimate of drug-likeness (QED) is 0.644. The molecule has 0 unspecified atom stereocenters. The Labute approximate surface area is 163 Å². The van der Waals surface area contributed by atoms with E-state index in [0.717, 1.165) is 24.0 Å². The summed E-state index contributed by atoms with van der Waals surface area (Å²) < 4.78 is 48.2. The molecule has 0 aliphatic carbocycles. The number of phenols is 1. The molecule has 1 fully saturated rings. The molecule has 0 bridgehead atoms. The molecular formula is C18H21F3NO7+. The molecule has 0 saturated carbocycles. The number of carboxylic acids is 1. The first-order chi connectivity index (χ1) is 13.5. The Bertz CT molecular complexity index is 886. The molecule has 1 aliphatic rings. The van der Waals surface area contributed by atoms with Crippen molar-refractivity contribution < 1.29 is 51.8 Å². The predicted octanol–water partition coefficient (Wildman–Crippen LogP) is 1.53. The molecule has 0 atom stereocenters. The summed E-state index contributed by atoms with van der Waals surface area (Å²) in [6, 6.07) is 1.74. The average Bonchev–Trinajstić information content (AvgIpc) is 3.14. The number of hydrogen-bond acceptors (Lipinski definition) is 6. The third kappa shape index (κ3) is 5.39. The molecule has 0 radical (unpaired) electrons. The second kappa shape index (κ2) is 9.14. The highest BCUT2D eigenvalue weighted by Crippen LogP contribution is 2.41. The van der Waals surface area contributed by atoms with Crippen LogP contribution in [0.1, 0.15) is 22.8 Å². The minimum Gasteiger partial charge on any atom is -0.502 e. The van der Waals surface area contributed by atoms with E-state index >= 15 is 0 Å². The third-order valence-corrected chi connectivity index (χ3v) is 4.32. The van der Waals surface area contributed by atoms with Crippen molar-refractivity contribution in [3.8, 4) is 11.5 Å². The van der Waals surface area contributed by atoms with Crippen LogP contribution in [0.2, 0.25) is 0 Å². The number of ketones is 1. The number of ether oxygens (including phenoxy) is 2. The van der Waals surface area contributed by atoms with Gasteiger partial charge < -0.3 is 24.1 Å². The summed E-state index contributed by atoms with van der Waals surface area (Å²) >= 11 is 0. The summed E-state index contributed by atoms with van der Waals surface area (Å²) in [7, 11) is 0. The Morgan fingerprint density at radius 1 is 1.28 bits per heavy atom. The number of hydrogen-bond donors (Lipinski definition) is 3. The van der Waals surface area contributed by atoms with Gasteiger partial charge in [-0.05, 0) is 25.5 Å². The van der Waals surface area contributed by atoms with Crippen LogP contribution in [-0.4, -0.2) is 61.2 Å². The van der Waals surface area contributed by atoms with E-state index < -0.39 is 12.1 Å². The maximum Gasteiger partial charge on any atom is 0.490 e. The molecule has 29 heavy (non-hydrogen) atoms. The number of carboxylic acid groups (broad SMARTS) is 1. The first-order valence-corrected chi connectivity index (χ1v) is 8.62. The standard InChI is InChI=1S/C16H19NO5.C2HF3O2/c1-10-12-3-6-21-15(12)14(19)16(13(10)11(2)18)22-9-17-4-7-20-8-5-17;3-2(4,5)1(6)7/h3,6,19H,4-5,7-9H2,1-2H3;(H,6,7)/p+1. The van der Waals surface area contributed by atoms with Crippen molar-refractivity contribution in [3.63, 3.8) is 0 Å². The minimum absolute atomic E-state index is 0.108. The number of aromatic hydroxyl groups is 1. The van der Waals surface area contributed by atoms with Gasteiger partial charge >= 0.3 is 12.1 Å². The number of carbonyl (C=O) groups is 2. The van der Waals surface area contributed by atoms with Gasteiger partial charge in [0, 0.05) is 5.39 Å². The average molecular weight is 420 g/mol. The monoisotopic (exact) mass is 420 g/mol. The lowest BCUT2D eigenvalue weighted by Crippen LogP contribution is -3.14. The number of morpholine rings is 1. The van der Waals surface area contributed by atoms with Crippen molar-refractivity contribution in [2.75, 3.05) is 33.0 Å². The number of benzene rings is 1. The number of halogens is 3. The van der Waals surface area contributed by atoms with Crippen LogP contribution in [0.25, 0.3) is 11.0 Å². The summed E-state index contributed by atoms with van der Waals surface area (Å²) in [6.45, 7) is 6.77. The zero-order chi connectivity index (χ0) is 21.8. The van der Waals surface area contributed by atoms with Gasteiger partial charge in [-0.15, -0.1) is 0 Å². The molecule has 1 saturated heterocycles. The summed E-state index contributed by atoms with van der Waals surface area (Å²) in [5, 5.41) is 18.3. The van der Waals surface area contributed by atoms with Crippen molar-refractivity contribution in [1.29, 1.82) is 0 Å². The molecule has 1 aromatic heterocycles. The maximum absolute atomic E-state index is 12.0. The first kappa shape index (κ1) is 22.5. The predicted molar refractivity (Wildman–Crippen MR) is 93.3 cm³/mol. The molecule has 0 spiro atoms. The van der Waals surface area contributed by atoms with Gasteiger partial charge in [-0.25, -0.2) is 4.79 Å². The number of nitrogens with one attached hydrogen (secondary N) is 1. The van der Waals surface area contributed by atoms with Crippen LogP contribution in [0.3, 0.4) is 0 Å². The van der Waals surface area contributed by atoms with Gasteiger partial charge in [0.05, 0.1) is 25.0 Å². The van der Waals surface area contributed by atoms with Crippen LogP contribution in [0.5, 0.6) is 11.5 Å². The van der Waals surface area contributed by atoms with E-state index in [1.165, 1.54) is 18.1 Å². The number of fused-ring (bicyclic) bond motifs is 1. The van der Waals surface area contributed by atoms with Gasteiger partial charge in [0.2, 0.25) is 12.5 Å². The van der Waals surface area contributed by atoms with E-state index in [4.69, 9.17) is 23.8 Å². The zero-order valence-corrected chi connectivity index (χ0v) is 15.8. The lowest BCUT2D eigenvalue weighted by atomic mass is 10.00. The lowest BCUT2D eigenvalue weighted by Gasteiger charge is -2.24. The zero-order valence-electron chi connectivity index (χ0n) is 15.8. The van der Waals surface area contributed by atoms with Crippen LogP contribution in [0, 0.1) is 6.92 Å². The van der Waals surface area contributed by atoms with E-state index in [2.05, 4.69) is 0 Å². The Balaban J connectivity index is 0.000000370. The van der Waals surface area contributed by atoms with Crippen LogP contribution in [-0.2, 0) is 9.53 Å². The smallest absolute Gasteiger partial charge is 0.490 e. The lowest BCUT2D eigenvalue weighted by molar-refractivity contribution is -0.923. The van der Waals surface area contributed by atoms with E-state index in [1.54, 1.807) is 6.07 Å². The maximum atomic E-state index is 12.0. The van der Waals surface area contributed by atoms with Crippen LogP contribution in [0.15, 0.2) is 16.7 Å². The Morgan fingerprint density at radius 3 is 2.38 bits per heavy atom. The van der Waals surface area contributed by atoms with Gasteiger partial charge in [0.1, 0.15) is 13.1 Å². The molecule has 0 amide bonds. The highest BCUT2D eigenvalue weighted by Gasteiger charge is 2.38. The van der Waals surface area contributed by atoms with Crippen LogP contribution >= 0.6 is 0 Å². The Kier molecular flexibility index (Phi) is 7.09. The van der Waals surface area contributed by atoms with Crippen LogP contribution in [0.4, 0.5) is 13.2 Å². The SMILES string of the molecule is CC(=O)c1c(OC[NH+]2CCOCC2)c(O)c2occc2c1C.O=C(O)C(F)(F)F. The fourth-order valence-electron chi connectivity index (χ4n) is 2.86. The van der Waals surface area contributed by atoms with Crippen molar-refractivity contribution in [3.05, 3.63) is 23.5 Å². The summed E-state index contributed by atoms with van der Waals surface area (Å²) in [5.41, 5.74) is 1.54. The van der Waals surface area contributed by atoms with Crippen molar-refractivity contribution in [2.24, 2.45) is 0 Å². The number of phenolic OH excluding ortho intramolecular Hbond substituents is 1. The third-order valence-electron chi connectivity index (χ3n) is 4.32. The molecule has 1 aromatic carbocycles. The van der Waals surface area contributed by atoms with Gasteiger partial charge in [0.15, 0.2) is 17.1 Å². The first-order valence-electron chi connectivity index (χ1n) is 8.62. The van der Waals surface area contributed by atoms with Crippen molar-refractivity contribution >= 4 is 22.7 Å². The molecule has 1 aliphatic heterocycles. The highest BCUT2D eigenvalue weighted by molar-refractivity contribution is 6.05. The van der Waals surface area contributed by atoms with Gasteiger partial charge in [-0.2, -0.15) is 13.2 Å². The topological polar surface area (TPSA) is 111 Å². The number of aryl methyl sites for hydroxylation is 1. The van der Waals surface area contributed by atoms with Gasteiger partial charge in [-0.3, -0.25) is 9.69 Å². The van der Waals surface area contributed by atoms with E-state index in [-0.39, 0.29) is 17.3 Å². The fraction of sp³-hybridized carbons (Fsp3) is 0.444. The number of quaternary nitrogens is 1. The molecule has 3 rings (SSSR count). The van der Waals surface area contributed by atoms with E-state index in [9.17, 15) is 23.1 Å². The Hall–Kier alpha value is -2.79. The molecule has 160 valence electrons. The number of alkyl halides is 3. The minimum atomic E-state index is -5.08. The number of rotatable bonds is 4. The van der Waals surface area contributed by atoms with Gasteiger partial charge in [-0.1, -0.05) is 0 Å². The number of Topliss-reactive ketones (excluding diaryl/α,β-unsaturated/α-hetero) is 1. The molecular weight excluding hydrogens is 399 g/mol. The Morgan fingerprint density at radius 2 is 1.86 bits per heavy atom. The summed E-state index contributed by atoms with van der Waals surface area (Å²) in [5.74, 6) is -2.79. The number of carbonyl (C=O) groups excluding carboxylic acids is 1. The molecule has 11 heteroatoms. The molecule has 2 aromatic rings. The van der Waals surface area contributed by atoms with Crippen LogP contribution < -0.4 is 9.64 Å². The second-order valence-electron chi connectivity index (χ2n) is 6.35. The van der Waals surface area contributed by atoms with Crippen molar-refractivity contribution in [1.82, 2.24) is 0 Å².